The van der Waals surface area contributed by atoms with Crippen molar-refractivity contribution in [3.63, 3.8) is 0 Å². The fourth-order valence-electron chi connectivity index (χ4n) is 1.68. The molecule has 3 atom stereocenters. The molecule has 0 radical (unpaired) electrons. The van der Waals surface area contributed by atoms with Crippen LogP contribution in [0.3, 0.4) is 0 Å². The van der Waals surface area contributed by atoms with Gasteiger partial charge in [-0.25, -0.2) is 4.79 Å². The maximum absolute atomic E-state index is 11.6. The lowest BCUT2D eigenvalue weighted by Gasteiger charge is -2.17. The Morgan fingerprint density at radius 3 is 2.67 bits per heavy atom. The minimum atomic E-state index is -1.22. The number of aliphatic hydroxyl groups excluding tert-OH is 1. The quantitative estimate of drug-likeness (QED) is 0.460. The summed E-state index contributed by atoms with van der Waals surface area (Å²) in [6.07, 6.45) is 0.699. The normalized spacial score (nSPS) is 27.3. The second-order valence-corrected chi connectivity index (χ2v) is 3.72. The molecule has 4 N–H and O–H groups in total. The van der Waals surface area contributed by atoms with Gasteiger partial charge >= 0.3 is 5.97 Å². The molecule has 0 aliphatic carbocycles. The average Bonchev–Trinajstić information content (AvgIpc) is 2.60. The first-order chi connectivity index (χ1) is 7.06. The van der Waals surface area contributed by atoms with E-state index in [1.165, 1.54) is 0 Å². The second kappa shape index (κ2) is 5.09. The van der Waals surface area contributed by atoms with Crippen LogP contribution in [-0.4, -0.2) is 47.3 Å². The summed E-state index contributed by atoms with van der Waals surface area (Å²) in [6.45, 7) is 2.05. The fraction of sp³-hybridized carbons (Fsp3) is 0.778. The van der Waals surface area contributed by atoms with Crippen LogP contribution in [0, 0.1) is 5.92 Å². The highest BCUT2D eigenvalue weighted by atomic mass is 16.4. The Labute approximate surface area is 87.7 Å². The molecule has 1 rings (SSSR count). The molecule has 15 heavy (non-hydrogen) atoms. The molecule has 0 bridgehead atoms. The van der Waals surface area contributed by atoms with Crippen LogP contribution in [0.2, 0.25) is 0 Å². The van der Waals surface area contributed by atoms with Crippen molar-refractivity contribution in [3.05, 3.63) is 0 Å². The summed E-state index contributed by atoms with van der Waals surface area (Å²) in [6, 6.07) is -1.15. The van der Waals surface area contributed by atoms with Crippen molar-refractivity contribution in [3.8, 4) is 0 Å². The van der Waals surface area contributed by atoms with Gasteiger partial charge in [0.2, 0.25) is 5.91 Å². The zero-order valence-corrected chi connectivity index (χ0v) is 8.56. The summed E-state index contributed by atoms with van der Waals surface area (Å²) in [4.78, 5) is 22.2. The number of aliphatic carboxylic acids is 1. The molecule has 1 amide bonds. The van der Waals surface area contributed by atoms with Crippen LogP contribution in [0.5, 0.6) is 0 Å². The lowest BCUT2D eigenvalue weighted by atomic mass is 10.0. The van der Waals surface area contributed by atoms with Gasteiger partial charge in [0.1, 0.15) is 6.04 Å². The molecule has 6 heteroatoms. The third-order valence-electron chi connectivity index (χ3n) is 2.66. The zero-order valence-electron chi connectivity index (χ0n) is 8.56. The SMILES string of the molecule is CC1NCCC1C(=O)N[C@H](CO)C(=O)O. The van der Waals surface area contributed by atoms with Crippen molar-refractivity contribution in [2.45, 2.75) is 25.4 Å². The van der Waals surface area contributed by atoms with Crippen molar-refractivity contribution in [1.29, 1.82) is 0 Å². The Morgan fingerprint density at radius 1 is 1.60 bits per heavy atom. The van der Waals surface area contributed by atoms with Gasteiger partial charge in [-0.15, -0.1) is 0 Å². The first-order valence-corrected chi connectivity index (χ1v) is 4.93. The van der Waals surface area contributed by atoms with Crippen LogP contribution in [0.1, 0.15) is 13.3 Å². The Morgan fingerprint density at radius 2 is 2.27 bits per heavy atom. The summed E-state index contributed by atoms with van der Waals surface area (Å²) < 4.78 is 0. The molecule has 1 aliphatic rings. The molecule has 0 spiro atoms. The van der Waals surface area contributed by atoms with Gasteiger partial charge < -0.3 is 20.8 Å². The Bertz CT molecular complexity index is 256. The Hall–Kier alpha value is -1.14. The number of carbonyl (C=O) groups excluding carboxylic acids is 1. The number of carboxylic acid groups (broad SMARTS) is 1. The van der Waals surface area contributed by atoms with E-state index in [9.17, 15) is 9.59 Å². The van der Waals surface area contributed by atoms with Crippen LogP contribution in [0.4, 0.5) is 0 Å². The minimum Gasteiger partial charge on any atom is -0.480 e. The summed E-state index contributed by atoms with van der Waals surface area (Å²) in [7, 11) is 0. The van der Waals surface area contributed by atoms with Gasteiger partial charge in [-0.05, 0) is 19.9 Å². The van der Waals surface area contributed by atoms with Crippen molar-refractivity contribution >= 4 is 11.9 Å². The van der Waals surface area contributed by atoms with Crippen molar-refractivity contribution in [1.82, 2.24) is 10.6 Å². The molecule has 0 saturated carbocycles. The maximum atomic E-state index is 11.6. The van der Waals surface area contributed by atoms with Crippen LogP contribution in [-0.2, 0) is 9.59 Å². The molecular weight excluding hydrogens is 200 g/mol. The predicted octanol–water partition coefficient (Wildman–Crippen LogP) is -1.45. The summed E-state index contributed by atoms with van der Waals surface area (Å²) >= 11 is 0. The zero-order chi connectivity index (χ0) is 11.4. The Kier molecular flexibility index (Phi) is 4.05. The molecule has 1 heterocycles. The predicted molar refractivity (Wildman–Crippen MR) is 52.2 cm³/mol. The number of amides is 1. The van der Waals surface area contributed by atoms with Gasteiger partial charge in [0.15, 0.2) is 0 Å². The van der Waals surface area contributed by atoms with Gasteiger partial charge in [-0.2, -0.15) is 0 Å². The van der Waals surface area contributed by atoms with Crippen LogP contribution in [0.25, 0.3) is 0 Å². The maximum Gasteiger partial charge on any atom is 0.328 e. The van der Waals surface area contributed by atoms with Crippen LogP contribution >= 0.6 is 0 Å². The van der Waals surface area contributed by atoms with Crippen molar-refractivity contribution in [2.75, 3.05) is 13.2 Å². The van der Waals surface area contributed by atoms with Gasteiger partial charge in [0.05, 0.1) is 12.5 Å². The molecule has 1 saturated heterocycles. The summed E-state index contributed by atoms with van der Waals surface area (Å²) in [5.41, 5.74) is 0. The largest absolute Gasteiger partial charge is 0.480 e. The topological polar surface area (TPSA) is 98.7 Å². The van der Waals surface area contributed by atoms with Gasteiger partial charge in [-0.3, -0.25) is 4.79 Å². The molecule has 1 aliphatic heterocycles. The van der Waals surface area contributed by atoms with Crippen molar-refractivity contribution in [2.24, 2.45) is 5.92 Å². The number of rotatable bonds is 4. The standard InChI is InChI=1S/C9H16N2O4/c1-5-6(2-3-10-5)8(13)11-7(4-12)9(14)15/h5-7,10,12H,2-4H2,1H3,(H,11,13)(H,14,15)/t5?,6?,7-/m1/s1. The monoisotopic (exact) mass is 216 g/mol. The first kappa shape index (κ1) is 11.9. The summed E-state index contributed by atoms with van der Waals surface area (Å²) in [5, 5.41) is 22.8. The molecule has 0 aromatic carbocycles. The van der Waals surface area contributed by atoms with E-state index in [0.29, 0.717) is 6.42 Å². The van der Waals surface area contributed by atoms with E-state index in [1.807, 2.05) is 6.92 Å². The van der Waals surface area contributed by atoms with Crippen molar-refractivity contribution < 1.29 is 19.8 Å². The van der Waals surface area contributed by atoms with Gasteiger partial charge in [-0.1, -0.05) is 0 Å². The lowest BCUT2D eigenvalue weighted by molar-refractivity contribution is -0.143. The fourth-order valence-corrected chi connectivity index (χ4v) is 1.68. The molecule has 1 fully saturated rings. The highest BCUT2D eigenvalue weighted by molar-refractivity contribution is 5.85. The number of nitrogens with one attached hydrogen (secondary N) is 2. The molecule has 2 unspecified atom stereocenters. The third-order valence-corrected chi connectivity index (χ3v) is 2.66. The van der Waals surface area contributed by atoms with E-state index in [2.05, 4.69) is 10.6 Å². The molecular formula is C9H16N2O4. The number of carbonyl (C=O) groups is 2. The first-order valence-electron chi connectivity index (χ1n) is 4.93. The third kappa shape index (κ3) is 2.90. The van der Waals surface area contributed by atoms with Gasteiger partial charge in [0, 0.05) is 6.04 Å². The number of hydrogen-bond donors (Lipinski definition) is 4. The lowest BCUT2D eigenvalue weighted by Crippen LogP contribution is -2.47. The summed E-state index contributed by atoms with van der Waals surface area (Å²) in [5.74, 6) is -1.74. The molecule has 86 valence electrons. The van der Waals surface area contributed by atoms with E-state index in [4.69, 9.17) is 10.2 Å². The molecule has 0 aromatic heterocycles. The van der Waals surface area contributed by atoms with E-state index in [1.54, 1.807) is 0 Å². The second-order valence-electron chi connectivity index (χ2n) is 3.72. The van der Waals surface area contributed by atoms with E-state index < -0.39 is 18.6 Å². The molecule has 0 aromatic rings. The van der Waals surface area contributed by atoms with E-state index in [0.717, 1.165) is 6.54 Å². The Balaban J connectivity index is 2.50. The van der Waals surface area contributed by atoms with Crippen LogP contribution < -0.4 is 10.6 Å². The van der Waals surface area contributed by atoms with E-state index >= 15 is 0 Å². The number of carboxylic acids is 1. The van der Waals surface area contributed by atoms with Crippen LogP contribution in [0.15, 0.2) is 0 Å². The minimum absolute atomic E-state index is 0.0538. The number of hydrogen-bond acceptors (Lipinski definition) is 4. The molecule has 6 nitrogen and oxygen atoms in total. The smallest absolute Gasteiger partial charge is 0.328 e. The average molecular weight is 216 g/mol. The van der Waals surface area contributed by atoms with Gasteiger partial charge in [0.25, 0.3) is 0 Å². The van der Waals surface area contributed by atoms with E-state index in [-0.39, 0.29) is 17.9 Å². The number of aliphatic hydroxyl groups is 1. The highest BCUT2D eigenvalue weighted by Gasteiger charge is 2.31. The highest BCUT2D eigenvalue weighted by Crippen LogP contribution is 2.15.